The van der Waals surface area contributed by atoms with Gasteiger partial charge in [0.25, 0.3) is 0 Å². The molecule has 3 rings (SSSR count). The van der Waals surface area contributed by atoms with Gasteiger partial charge in [-0.15, -0.1) is 0 Å². The fourth-order valence-electron chi connectivity index (χ4n) is 3.01. The van der Waals surface area contributed by atoms with Gasteiger partial charge < -0.3 is 4.74 Å². The smallest absolute Gasteiger partial charge is 0.230 e. The Labute approximate surface area is 172 Å². The molecule has 1 N–H and O–H groups in total. The normalized spacial score (nSPS) is 10.6. The average molecular weight is 389 g/mol. The lowest BCUT2D eigenvalue weighted by Gasteiger charge is -2.10. The van der Waals surface area contributed by atoms with E-state index >= 15 is 0 Å². The molecule has 0 unspecified atom stereocenters. The number of hydrogen-bond donors (Lipinski definition) is 1. The number of methoxy groups -OCH3 is 1. The molecule has 0 fully saturated rings. The van der Waals surface area contributed by atoms with E-state index in [4.69, 9.17) is 4.74 Å². The molecule has 1 heterocycles. The van der Waals surface area contributed by atoms with Crippen LogP contribution in [0.5, 0.6) is 5.75 Å². The van der Waals surface area contributed by atoms with Crippen molar-refractivity contribution in [3.8, 4) is 28.3 Å². The molecule has 0 saturated carbocycles. The molecule has 29 heavy (non-hydrogen) atoms. The van der Waals surface area contributed by atoms with E-state index in [0.717, 1.165) is 47.5 Å². The van der Waals surface area contributed by atoms with Gasteiger partial charge in [-0.1, -0.05) is 49.6 Å². The van der Waals surface area contributed by atoms with E-state index in [9.17, 15) is 4.79 Å². The van der Waals surface area contributed by atoms with Crippen LogP contribution in [-0.4, -0.2) is 23.0 Å². The van der Waals surface area contributed by atoms with E-state index < -0.39 is 0 Å². The third-order valence-corrected chi connectivity index (χ3v) is 4.72. The minimum Gasteiger partial charge on any atom is -0.497 e. The number of aromatic nitrogens is 2. The van der Waals surface area contributed by atoms with Crippen molar-refractivity contribution in [1.82, 2.24) is 9.97 Å². The first kappa shape index (κ1) is 20.5. The van der Waals surface area contributed by atoms with Crippen molar-refractivity contribution in [3.05, 3.63) is 60.2 Å². The Bertz CT molecular complexity index is 951. The van der Waals surface area contributed by atoms with Gasteiger partial charge in [0.1, 0.15) is 5.75 Å². The number of anilines is 1. The first-order chi connectivity index (χ1) is 14.1. The number of aryl methyl sites for hydroxylation is 1. The predicted octanol–water partition coefficient (Wildman–Crippen LogP) is 5.65. The molecule has 150 valence electrons. The van der Waals surface area contributed by atoms with Gasteiger partial charge in [-0.05, 0) is 43.7 Å². The largest absolute Gasteiger partial charge is 0.497 e. The molecule has 3 aromatic rings. The molecule has 0 bridgehead atoms. The van der Waals surface area contributed by atoms with Gasteiger partial charge in [-0.2, -0.15) is 0 Å². The Morgan fingerprint density at radius 1 is 0.931 bits per heavy atom. The highest BCUT2D eigenvalue weighted by molar-refractivity contribution is 5.89. The lowest BCUT2D eigenvalue weighted by molar-refractivity contribution is -0.116. The second-order valence-electron chi connectivity index (χ2n) is 7.06. The number of ether oxygens (including phenoxy) is 1. The third kappa shape index (κ3) is 5.64. The summed E-state index contributed by atoms with van der Waals surface area (Å²) >= 11 is 0. The van der Waals surface area contributed by atoms with Crippen molar-refractivity contribution >= 4 is 11.9 Å². The molecule has 2 aromatic carbocycles. The van der Waals surface area contributed by atoms with Crippen LogP contribution in [0.15, 0.2) is 54.6 Å². The number of nitrogens with zero attached hydrogens (tertiary/aromatic N) is 2. The molecular weight excluding hydrogens is 362 g/mol. The van der Waals surface area contributed by atoms with Gasteiger partial charge >= 0.3 is 0 Å². The monoisotopic (exact) mass is 389 g/mol. The molecule has 5 heteroatoms. The van der Waals surface area contributed by atoms with Crippen LogP contribution in [0.25, 0.3) is 22.5 Å². The molecule has 0 aliphatic carbocycles. The van der Waals surface area contributed by atoms with Gasteiger partial charge in [0, 0.05) is 17.5 Å². The minimum atomic E-state index is -0.0554. The zero-order valence-corrected chi connectivity index (χ0v) is 17.2. The van der Waals surface area contributed by atoms with E-state index in [1.807, 2.05) is 54.6 Å². The summed E-state index contributed by atoms with van der Waals surface area (Å²) in [7, 11) is 1.64. The number of benzene rings is 2. The fourth-order valence-corrected chi connectivity index (χ4v) is 3.01. The molecule has 0 aliphatic rings. The predicted molar refractivity (Wildman–Crippen MR) is 117 cm³/mol. The summed E-state index contributed by atoms with van der Waals surface area (Å²) < 4.78 is 5.24. The first-order valence-corrected chi connectivity index (χ1v) is 9.99. The van der Waals surface area contributed by atoms with Gasteiger partial charge in [0.05, 0.1) is 18.5 Å². The van der Waals surface area contributed by atoms with Gasteiger partial charge in [0.15, 0.2) is 0 Å². The Morgan fingerprint density at radius 3 is 2.07 bits per heavy atom. The Balaban J connectivity index is 1.94. The number of rotatable bonds is 8. The van der Waals surface area contributed by atoms with Crippen molar-refractivity contribution < 1.29 is 9.53 Å². The summed E-state index contributed by atoms with van der Waals surface area (Å²) in [6.45, 7) is 4.17. The summed E-state index contributed by atoms with van der Waals surface area (Å²) in [5, 5.41) is 2.87. The molecule has 5 nitrogen and oxygen atoms in total. The van der Waals surface area contributed by atoms with Crippen LogP contribution in [0, 0.1) is 6.92 Å². The van der Waals surface area contributed by atoms with Crippen molar-refractivity contribution in [2.24, 2.45) is 0 Å². The summed E-state index contributed by atoms with van der Waals surface area (Å²) in [6, 6.07) is 17.8. The van der Waals surface area contributed by atoms with E-state index in [2.05, 4.69) is 29.1 Å². The van der Waals surface area contributed by atoms with Gasteiger partial charge in [-0.25, -0.2) is 9.97 Å². The second kappa shape index (κ2) is 9.82. The molecule has 0 atom stereocenters. The molecule has 0 aliphatic heterocycles. The molecule has 1 amide bonds. The topological polar surface area (TPSA) is 64.1 Å². The van der Waals surface area contributed by atoms with Crippen LogP contribution in [0.2, 0.25) is 0 Å². The summed E-state index contributed by atoms with van der Waals surface area (Å²) in [6.07, 6.45) is 3.46. The number of unbranched alkanes of at least 4 members (excludes halogenated alkanes) is 2. The molecular formula is C24H27N3O2. The highest BCUT2D eigenvalue weighted by Crippen LogP contribution is 2.27. The highest BCUT2D eigenvalue weighted by atomic mass is 16.5. The van der Waals surface area contributed by atoms with Crippen LogP contribution in [0.1, 0.15) is 38.2 Å². The molecule has 0 spiro atoms. The second-order valence-corrected chi connectivity index (χ2v) is 7.06. The Kier molecular flexibility index (Phi) is 6.95. The number of carbonyl (C=O) groups excluding carboxylic acids is 1. The quantitative estimate of drug-likeness (QED) is 0.506. The van der Waals surface area contributed by atoms with Gasteiger partial charge in [-0.3, -0.25) is 10.1 Å². The summed E-state index contributed by atoms with van der Waals surface area (Å²) in [4.78, 5) is 21.5. The number of hydrogen-bond acceptors (Lipinski definition) is 4. The molecule has 0 radical (unpaired) electrons. The lowest BCUT2D eigenvalue weighted by Crippen LogP contribution is -2.14. The number of nitrogens with one attached hydrogen (secondary N) is 1. The lowest BCUT2D eigenvalue weighted by atomic mass is 10.1. The van der Waals surface area contributed by atoms with E-state index in [1.165, 1.54) is 5.56 Å². The third-order valence-electron chi connectivity index (χ3n) is 4.72. The summed E-state index contributed by atoms with van der Waals surface area (Å²) in [5.74, 6) is 1.06. The van der Waals surface area contributed by atoms with Crippen LogP contribution < -0.4 is 10.1 Å². The van der Waals surface area contributed by atoms with Crippen molar-refractivity contribution in [2.75, 3.05) is 12.4 Å². The fraction of sp³-hybridized carbons (Fsp3) is 0.292. The van der Waals surface area contributed by atoms with Crippen molar-refractivity contribution in [3.63, 3.8) is 0 Å². The Morgan fingerprint density at radius 2 is 1.52 bits per heavy atom. The highest BCUT2D eigenvalue weighted by Gasteiger charge is 2.11. The standard InChI is InChI=1S/C24H27N3O2/c1-4-5-6-7-23(28)27-24-25-21(18-10-8-17(2)9-11-18)16-22(26-24)19-12-14-20(29-3)15-13-19/h8-16H,4-7H2,1-3H3,(H,25,26,27,28). The van der Waals surface area contributed by atoms with Crippen molar-refractivity contribution in [1.29, 1.82) is 0 Å². The van der Waals surface area contributed by atoms with Crippen molar-refractivity contribution in [2.45, 2.75) is 39.5 Å². The Hall–Kier alpha value is -3.21. The zero-order valence-electron chi connectivity index (χ0n) is 17.2. The maximum atomic E-state index is 12.3. The van der Waals surface area contributed by atoms with E-state index in [1.54, 1.807) is 7.11 Å². The maximum absolute atomic E-state index is 12.3. The number of amides is 1. The SMILES string of the molecule is CCCCCC(=O)Nc1nc(-c2ccc(C)cc2)cc(-c2ccc(OC)cc2)n1. The summed E-state index contributed by atoms with van der Waals surface area (Å²) in [5.41, 5.74) is 4.62. The average Bonchev–Trinajstić information content (AvgIpc) is 2.74. The number of carbonyl (C=O) groups is 1. The van der Waals surface area contributed by atoms with Crippen LogP contribution in [-0.2, 0) is 4.79 Å². The zero-order chi connectivity index (χ0) is 20.6. The van der Waals surface area contributed by atoms with Gasteiger partial charge in [0.2, 0.25) is 11.9 Å². The van der Waals surface area contributed by atoms with Crippen LogP contribution in [0.3, 0.4) is 0 Å². The van der Waals surface area contributed by atoms with E-state index in [0.29, 0.717) is 12.4 Å². The molecule has 1 aromatic heterocycles. The van der Waals surface area contributed by atoms with E-state index in [-0.39, 0.29) is 5.91 Å². The minimum absolute atomic E-state index is 0.0554. The van der Waals surface area contributed by atoms with Crippen LogP contribution in [0.4, 0.5) is 5.95 Å². The first-order valence-electron chi connectivity index (χ1n) is 9.99. The molecule has 0 saturated heterocycles. The van der Waals surface area contributed by atoms with Crippen LogP contribution >= 0.6 is 0 Å². The maximum Gasteiger partial charge on any atom is 0.230 e.